The van der Waals surface area contributed by atoms with Gasteiger partial charge in [0.05, 0.1) is 12.2 Å². The van der Waals surface area contributed by atoms with Gasteiger partial charge in [0, 0.05) is 11.8 Å². The highest BCUT2D eigenvalue weighted by Crippen LogP contribution is 2.68. The molecule has 1 N–H and O–H groups in total. The molecule has 0 aromatic heterocycles. The zero-order valence-electron chi connectivity index (χ0n) is 15.4. The summed E-state index contributed by atoms with van der Waals surface area (Å²) < 4.78 is 6.04. The number of hydrogen-bond acceptors (Lipinski definition) is 2. The van der Waals surface area contributed by atoms with Gasteiger partial charge in [-0.25, -0.2) is 0 Å². The Morgan fingerprint density at radius 2 is 2.00 bits per heavy atom. The molecule has 132 valence electrons. The van der Waals surface area contributed by atoms with Crippen molar-refractivity contribution in [2.45, 2.75) is 84.7 Å². The first kappa shape index (κ1) is 17.3. The van der Waals surface area contributed by atoms with Crippen LogP contribution >= 0.6 is 0 Å². The fourth-order valence-electron chi connectivity index (χ4n) is 6.10. The van der Waals surface area contributed by atoms with E-state index in [1.807, 2.05) is 0 Å². The molecule has 6 atom stereocenters. The van der Waals surface area contributed by atoms with Gasteiger partial charge in [-0.05, 0) is 61.7 Å². The van der Waals surface area contributed by atoms with Crippen LogP contribution in [0, 0.1) is 28.6 Å². The molecule has 3 rings (SSSR count). The van der Waals surface area contributed by atoms with Crippen LogP contribution in [0.1, 0.15) is 79.1 Å². The van der Waals surface area contributed by atoms with E-state index in [1.165, 1.54) is 38.5 Å². The minimum absolute atomic E-state index is 0.185. The highest BCUT2D eigenvalue weighted by atomic mass is 16.6. The molecule has 2 saturated carbocycles. The van der Waals surface area contributed by atoms with E-state index in [9.17, 15) is 4.79 Å². The summed E-state index contributed by atoms with van der Waals surface area (Å²) in [4.78, 5) is 11.0. The summed E-state index contributed by atoms with van der Waals surface area (Å²) in [7, 11) is 0. The van der Waals surface area contributed by atoms with Crippen LogP contribution in [0.3, 0.4) is 0 Å². The largest absolute Gasteiger partial charge is 0.481 e. The van der Waals surface area contributed by atoms with Gasteiger partial charge < -0.3 is 9.84 Å². The predicted molar refractivity (Wildman–Crippen MR) is 91.3 cm³/mol. The minimum atomic E-state index is -0.660. The molecule has 1 saturated heterocycles. The molecular weight excluding hydrogens is 288 g/mol. The molecule has 1 aliphatic heterocycles. The molecule has 0 amide bonds. The van der Waals surface area contributed by atoms with Crippen molar-refractivity contribution in [1.29, 1.82) is 0 Å². The summed E-state index contributed by atoms with van der Waals surface area (Å²) in [6.45, 7) is 10.5. The van der Waals surface area contributed by atoms with Gasteiger partial charge in [0.15, 0.2) is 0 Å². The van der Waals surface area contributed by atoms with Crippen LogP contribution in [0.25, 0.3) is 0 Å². The number of aliphatic carboxylic acids is 1. The van der Waals surface area contributed by atoms with Crippen LogP contribution in [0.15, 0.2) is 0 Å². The lowest BCUT2D eigenvalue weighted by molar-refractivity contribution is -0.138. The van der Waals surface area contributed by atoms with Crippen molar-refractivity contribution in [3.63, 3.8) is 0 Å². The van der Waals surface area contributed by atoms with Crippen molar-refractivity contribution in [1.82, 2.24) is 0 Å². The summed E-state index contributed by atoms with van der Waals surface area (Å²) in [5.41, 5.74) is 0.853. The number of carboxylic acids is 1. The Hall–Kier alpha value is -0.570. The number of carboxylic acid groups (broad SMARTS) is 1. The summed E-state index contributed by atoms with van der Waals surface area (Å²) >= 11 is 0. The Morgan fingerprint density at radius 3 is 2.61 bits per heavy atom. The molecule has 2 aliphatic carbocycles. The molecular formula is C20H34O3. The molecule has 1 heterocycles. The number of ether oxygens (including phenoxy) is 1. The highest BCUT2D eigenvalue weighted by molar-refractivity contribution is 5.66. The standard InChI is InChI=1S/C20H34O3/c1-14(12-17(21)22)7-10-18(3)15(2)8-11-19(4)16(18)6-5-9-20(19)13-23-20/h14-16H,5-13H2,1-4H3,(H,21,22)/t14-,15-,16-,18+,19-,20-/m1/s1. The summed E-state index contributed by atoms with van der Waals surface area (Å²) in [5.74, 6) is 1.07. The smallest absolute Gasteiger partial charge is 0.303 e. The van der Waals surface area contributed by atoms with Crippen LogP contribution in [-0.2, 0) is 9.53 Å². The highest BCUT2D eigenvalue weighted by Gasteiger charge is 2.67. The first-order valence-corrected chi connectivity index (χ1v) is 9.59. The molecule has 0 aromatic rings. The van der Waals surface area contributed by atoms with Crippen molar-refractivity contribution in [2.24, 2.45) is 28.6 Å². The van der Waals surface area contributed by atoms with E-state index >= 15 is 0 Å². The third-order valence-electron chi connectivity index (χ3n) is 8.09. The van der Waals surface area contributed by atoms with E-state index in [0.717, 1.165) is 24.9 Å². The van der Waals surface area contributed by atoms with E-state index in [2.05, 4.69) is 27.7 Å². The average molecular weight is 322 g/mol. The van der Waals surface area contributed by atoms with Gasteiger partial charge in [-0.1, -0.05) is 34.1 Å². The van der Waals surface area contributed by atoms with E-state index in [-0.39, 0.29) is 11.5 Å². The molecule has 3 fully saturated rings. The van der Waals surface area contributed by atoms with Crippen LogP contribution in [0.5, 0.6) is 0 Å². The monoisotopic (exact) mass is 322 g/mol. The van der Waals surface area contributed by atoms with E-state index in [0.29, 0.717) is 17.3 Å². The lowest BCUT2D eigenvalue weighted by atomic mass is 9.44. The van der Waals surface area contributed by atoms with Gasteiger partial charge in [-0.2, -0.15) is 0 Å². The SMILES string of the molecule is C[C@H](CC[C@@]1(C)[C@H](C)CC[C@]2(C)[C@@H]1CCC[C@@]21CO1)CC(=O)O. The number of hydrogen-bond donors (Lipinski definition) is 1. The van der Waals surface area contributed by atoms with Crippen molar-refractivity contribution < 1.29 is 14.6 Å². The maximum atomic E-state index is 11.0. The topological polar surface area (TPSA) is 49.8 Å². The third-order valence-corrected chi connectivity index (χ3v) is 8.09. The van der Waals surface area contributed by atoms with Gasteiger partial charge in [0.25, 0.3) is 0 Å². The normalized spacial score (nSPS) is 47.1. The number of fused-ring (bicyclic) bond motifs is 2. The second kappa shape index (κ2) is 5.75. The lowest BCUT2D eigenvalue weighted by Crippen LogP contribution is -2.56. The molecule has 0 bridgehead atoms. The minimum Gasteiger partial charge on any atom is -0.481 e. The van der Waals surface area contributed by atoms with Crippen molar-refractivity contribution in [2.75, 3.05) is 6.61 Å². The molecule has 3 heteroatoms. The quantitative estimate of drug-likeness (QED) is 0.733. The van der Waals surface area contributed by atoms with Gasteiger partial charge >= 0.3 is 5.97 Å². The Kier molecular flexibility index (Phi) is 4.32. The predicted octanol–water partition coefficient (Wildman–Crippen LogP) is 4.89. The van der Waals surface area contributed by atoms with E-state index < -0.39 is 5.97 Å². The Morgan fingerprint density at radius 1 is 1.30 bits per heavy atom. The molecule has 3 aliphatic rings. The molecule has 23 heavy (non-hydrogen) atoms. The van der Waals surface area contributed by atoms with Gasteiger partial charge in [0.1, 0.15) is 0 Å². The Bertz CT molecular complexity index is 470. The van der Waals surface area contributed by atoms with Crippen LogP contribution in [-0.4, -0.2) is 23.3 Å². The van der Waals surface area contributed by atoms with Crippen LogP contribution in [0.2, 0.25) is 0 Å². The van der Waals surface area contributed by atoms with Crippen molar-refractivity contribution in [3.05, 3.63) is 0 Å². The first-order chi connectivity index (χ1) is 10.7. The fourth-order valence-corrected chi connectivity index (χ4v) is 6.10. The van der Waals surface area contributed by atoms with Crippen molar-refractivity contribution >= 4 is 5.97 Å². The third kappa shape index (κ3) is 2.73. The summed E-state index contributed by atoms with van der Waals surface area (Å²) in [6.07, 6.45) is 8.98. The maximum absolute atomic E-state index is 11.0. The lowest BCUT2D eigenvalue weighted by Gasteiger charge is -2.60. The van der Waals surface area contributed by atoms with Gasteiger partial charge in [-0.15, -0.1) is 0 Å². The Labute approximate surface area is 141 Å². The zero-order chi connectivity index (χ0) is 16.9. The summed E-state index contributed by atoms with van der Waals surface area (Å²) in [5, 5.41) is 9.03. The molecule has 0 radical (unpaired) electrons. The van der Waals surface area contributed by atoms with Crippen molar-refractivity contribution in [3.8, 4) is 0 Å². The molecule has 1 spiro atoms. The number of epoxide rings is 1. The Balaban J connectivity index is 1.77. The second-order valence-electron chi connectivity index (χ2n) is 9.33. The average Bonchev–Trinajstić information content (AvgIpc) is 3.25. The van der Waals surface area contributed by atoms with Gasteiger partial charge in [-0.3, -0.25) is 4.79 Å². The second-order valence-corrected chi connectivity index (χ2v) is 9.33. The molecule has 0 aromatic carbocycles. The molecule has 3 nitrogen and oxygen atoms in total. The first-order valence-electron chi connectivity index (χ1n) is 9.59. The fraction of sp³-hybridized carbons (Fsp3) is 0.950. The number of rotatable bonds is 5. The maximum Gasteiger partial charge on any atom is 0.303 e. The zero-order valence-corrected chi connectivity index (χ0v) is 15.4. The number of carbonyl (C=O) groups is 1. The van der Waals surface area contributed by atoms with Gasteiger partial charge in [0.2, 0.25) is 0 Å². The summed E-state index contributed by atoms with van der Waals surface area (Å²) in [6, 6.07) is 0. The molecule has 0 unspecified atom stereocenters. The van der Waals surface area contributed by atoms with Crippen LogP contribution in [0.4, 0.5) is 0 Å². The van der Waals surface area contributed by atoms with Crippen LogP contribution < -0.4 is 0 Å². The van der Waals surface area contributed by atoms with E-state index in [1.54, 1.807) is 0 Å². The van der Waals surface area contributed by atoms with E-state index in [4.69, 9.17) is 9.84 Å².